The van der Waals surface area contributed by atoms with Crippen LogP contribution in [0.2, 0.25) is 5.02 Å². The molecule has 0 radical (unpaired) electrons. The van der Waals surface area contributed by atoms with E-state index in [2.05, 4.69) is 20.3 Å². The van der Waals surface area contributed by atoms with E-state index in [0.29, 0.717) is 17.1 Å². The van der Waals surface area contributed by atoms with Gasteiger partial charge >= 0.3 is 0 Å². The molecule has 1 aliphatic rings. The molecule has 164 valence electrons. The Balaban J connectivity index is 1.58. The number of carbonyl (C=O) groups is 2. The lowest BCUT2D eigenvalue weighted by Gasteiger charge is -2.19. The maximum Gasteiger partial charge on any atom is 0.289 e. The number of fused-ring (bicyclic) bond motifs is 1. The molecule has 3 heterocycles. The van der Waals surface area contributed by atoms with E-state index in [1.165, 1.54) is 11.9 Å². The maximum atomic E-state index is 13.5. The van der Waals surface area contributed by atoms with E-state index in [9.17, 15) is 14.0 Å². The Labute approximate surface area is 188 Å². The van der Waals surface area contributed by atoms with Crippen LogP contribution in [0.15, 0.2) is 42.7 Å². The summed E-state index contributed by atoms with van der Waals surface area (Å²) in [6.07, 6.45) is 3.25. The normalized spacial score (nSPS) is 15.6. The van der Waals surface area contributed by atoms with E-state index in [4.69, 9.17) is 16.3 Å². The average Bonchev–Trinajstić information content (AvgIpc) is 2.91. The van der Waals surface area contributed by atoms with E-state index in [1.807, 2.05) is 19.1 Å². The molecule has 0 fully saturated rings. The Hall–Kier alpha value is -3.59. The fraction of sp³-hybridized carbons (Fsp3) is 0.227. The van der Waals surface area contributed by atoms with Gasteiger partial charge in [0.25, 0.3) is 11.8 Å². The van der Waals surface area contributed by atoms with Crippen molar-refractivity contribution in [1.82, 2.24) is 20.3 Å². The third-order valence-corrected chi connectivity index (χ3v) is 5.27. The number of aryl methyl sites for hydroxylation is 1. The zero-order valence-corrected chi connectivity index (χ0v) is 18.1. The number of nitrogens with zero attached hydrogens (tertiary/aromatic N) is 4. The Morgan fingerprint density at radius 2 is 2.03 bits per heavy atom. The minimum absolute atomic E-state index is 0.0893. The van der Waals surface area contributed by atoms with E-state index in [1.54, 1.807) is 18.3 Å². The zero-order chi connectivity index (χ0) is 22.8. The number of halogens is 2. The SMILES string of the molecule is CCc1cnc(C(=O)N[C@H]2COc3cc(F)cnc3N(C)C2=O)nc1-c1ccc(Cl)cc1. The van der Waals surface area contributed by atoms with Crippen LogP contribution in [0, 0.1) is 5.82 Å². The van der Waals surface area contributed by atoms with Crippen molar-refractivity contribution in [2.24, 2.45) is 0 Å². The van der Waals surface area contributed by atoms with Gasteiger partial charge in [-0.3, -0.25) is 14.5 Å². The molecule has 0 unspecified atom stereocenters. The summed E-state index contributed by atoms with van der Waals surface area (Å²) in [4.78, 5) is 39.4. The van der Waals surface area contributed by atoms with Crippen molar-refractivity contribution in [3.05, 3.63) is 65.0 Å². The van der Waals surface area contributed by atoms with E-state index >= 15 is 0 Å². The number of benzene rings is 1. The quantitative estimate of drug-likeness (QED) is 0.649. The van der Waals surface area contributed by atoms with Gasteiger partial charge < -0.3 is 10.1 Å². The predicted octanol–water partition coefficient (Wildman–Crippen LogP) is 3.05. The van der Waals surface area contributed by atoms with Crippen LogP contribution in [0.25, 0.3) is 11.3 Å². The summed E-state index contributed by atoms with van der Waals surface area (Å²) in [6, 6.07) is 7.22. The Morgan fingerprint density at radius 1 is 1.28 bits per heavy atom. The number of nitrogens with one attached hydrogen (secondary N) is 1. The van der Waals surface area contributed by atoms with Gasteiger partial charge in [-0.15, -0.1) is 0 Å². The highest BCUT2D eigenvalue weighted by molar-refractivity contribution is 6.30. The molecule has 0 bridgehead atoms. The molecule has 0 saturated carbocycles. The van der Waals surface area contributed by atoms with Crippen molar-refractivity contribution in [1.29, 1.82) is 0 Å². The highest BCUT2D eigenvalue weighted by Gasteiger charge is 2.32. The summed E-state index contributed by atoms with van der Waals surface area (Å²) >= 11 is 5.97. The number of amides is 2. The fourth-order valence-electron chi connectivity index (χ4n) is 3.31. The van der Waals surface area contributed by atoms with Gasteiger partial charge in [0.2, 0.25) is 5.82 Å². The van der Waals surface area contributed by atoms with Crippen LogP contribution in [-0.4, -0.2) is 46.5 Å². The summed E-state index contributed by atoms with van der Waals surface area (Å²) in [6.45, 7) is 1.77. The lowest BCUT2D eigenvalue weighted by atomic mass is 10.1. The molecule has 3 aromatic rings. The van der Waals surface area contributed by atoms with Crippen LogP contribution in [0.4, 0.5) is 10.2 Å². The zero-order valence-electron chi connectivity index (χ0n) is 17.3. The number of likely N-dealkylation sites (N-methyl/N-ethyl adjacent to an activating group) is 1. The lowest BCUT2D eigenvalue weighted by molar-refractivity contribution is -0.120. The molecule has 0 saturated heterocycles. The number of carbonyl (C=O) groups excluding carboxylic acids is 2. The predicted molar refractivity (Wildman–Crippen MR) is 116 cm³/mol. The average molecular weight is 456 g/mol. The standard InChI is InChI=1S/C22H19ClFN5O3/c1-3-12-9-25-19(28-18(12)13-4-6-14(23)7-5-13)21(30)27-16-11-32-17-8-15(24)10-26-20(17)29(2)22(16)31/h4-10,16H,3,11H2,1-2H3,(H,27,30)/t16-/m0/s1. The van der Waals surface area contributed by atoms with Crippen LogP contribution in [0.5, 0.6) is 5.75 Å². The molecular formula is C22H19ClFN5O3. The summed E-state index contributed by atoms with van der Waals surface area (Å²) in [7, 11) is 1.48. The highest BCUT2D eigenvalue weighted by Crippen LogP contribution is 2.29. The van der Waals surface area contributed by atoms with Gasteiger partial charge in [0.15, 0.2) is 11.6 Å². The van der Waals surface area contributed by atoms with Gasteiger partial charge in [-0.05, 0) is 24.1 Å². The van der Waals surface area contributed by atoms with Crippen molar-refractivity contribution in [2.45, 2.75) is 19.4 Å². The third-order valence-electron chi connectivity index (χ3n) is 5.02. The number of hydrogen-bond donors (Lipinski definition) is 1. The van der Waals surface area contributed by atoms with Gasteiger partial charge in [-0.1, -0.05) is 30.7 Å². The lowest BCUT2D eigenvalue weighted by Crippen LogP contribution is -2.49. The van der Waals surface area contributed by atoms with Crippen LogP contribution in [0.3, 0.4) is 0 Å². The molecule has 2 amide bonds. The summed E-state index contributed by atoms with van der Waals surface area (Å²) in [5, 5.41) is 3.20. The van der Waals surface area contributed by atoms with Gasteiger partial charge in [0.05, 0.1) is 11.9 Å². The molecule has 8 nitrogen and oxygen atoms in total. The third kappa shape index (κ3) is 4.24. The van der Waals surface area contributed by atoms with Crippen molar-refractivity contribution >= 4 is 29.2 Å². The molecule has 1 aromatic carbocycles. The molecule has 1 N–H and O–H groups in total. The number of ether oxygens (including phenoxy) is 1. The first kappa shape index (κ1) is 21.6. The minimum atomic E-state index is -1.03. The second-order valence-corrected chi connectivity index (χ2v) is 7.57. The summed E-state index contributed by atoms with van der Waals surface area (Å²) < 4.78 is 19.0. The van der Waals surface area contributed by atoms with Crippen molar-refractivity contribution in [2.75, 3.05) is 18.6 Å². The van der Waals surface area contributed by atoms with Gasteiger partial charge in [-0.25, -0.2) is 19.3 Å². The number of hydrogen-bond acceptors (Lipinski definition) is 6. The second kappa shape index (κ2) is 8.88. The molecule has 10 heteroatoms. The first-order chi connectivity index (χ1) is 15.4. The first-order valence-electron chi connectivity index (χ1n) is 9.86. The molecule has 32 heavy (non-hydrogen) atoms. The maximum absolute atomic E-state index is 13.5. The fourth-order valence-corrected chi connectivity index (χ4v) is 3.44. The van der Waals surface area contributed by atoms with Crippen molar-refractivity contribution < 1.29 is 18.7 Å². The topological polar surface area (TPSA) is 97.3 Å². The summed E-state index contributed by atoms with van der Waals surface area (Å²) in [5.41, 5.74) is 2.26. The first-order valence-corrected chi connectivity index (χ1v) is 10.2. The highest BCUT2D eigenvalue weighted by atomic mass is 35.5. The molecule has 4 rings (SSSR count). The molecule has 1 aliphatic heterocycles. The second-order valence-electron chi connectivity index (χ2n) is 7.14. The minimum Gasteiger partial charge on any atom is -0.487 e. The molecule has 2 aromatic heterocycles. The smallest absolute Gasteiger partial charge is 0.289 e. The van der Waals surface area contributed by atoms with Gasteiger partial charge in [-0.2, -0.15) is 0 Å². The molecule has 0 spiro atoms. The molecular weight excluding hydrogens is 437 g/mol. The van der Waals surface area contributed by atoms with E-state index in [-0.39, 0.29) is 24.0 Å². The monoisotopic (exact) mass is 455 g/mol. The Morgan fingerprint density at radius 3 is 2.75 bits per heavy atom. The van der Waals surface area contributed by atoms with Crippen LogP contribution in [-0.2, 0) is 11.2 Å². The van der Waals surface area contributed by atoms with E-state index < -0.39 is 23.7 Å². The van der Waals surface area contributed by atoms with Gasteiger partial charge in [0.1, 0.15) is 18.5 Å². The van der Waals surface area contributed by atoms with Crippen molar-refractivity contribution in [3.8, 4) is 17.0 Å². The van der Waals surface area contributed by atoms with Gasteiger partial charge in [0, 0.05) is 29.9 Å². The van der Waals surface area contributed by atoms with Crippen LogP contribution >= 0.6 is 11.6 Å². The van der Waals surface area contributed by atoms with Crippen molar-refractivity contribution in [3.63, 3.8) is 0 Å². The number of aromatic nitrogens is 3. The summed E-state index contributed by atoms with van der Waals surface area (Å²) in [5.74, 6) is -1.49. The number of anilines is 1. The Bertz CT molecular complexity index is 1190. The largest absolute Gasteiger partial charge is 0.487 e. The Kier molecular flexibility index (Phi) is 6.00. The van der Waals surface area contributed by atoms with Crippen LogP contribution in [0.1, 0.15) is 23.1 Å². The number of rotatable bonds is 4. The molecule has 1 atom stereocenters. The van der Waals surface area contributed by atoms with Crippen LogP contribution < -0.4 is 15.0 Å². The number of pyridine rings is 1. The van der Waals surface area contributed by atoms with E-state index in [0.717, 1.165) is 23.4 Å². The molecule has 0 aliphatic carbocycles.